The molecule has 0 spiro atoms. The van der Waals surface area contributed by atoms with Crippen LogP contribution in [0.4, 0.5) is 0 Å². The molecule has 0 aliphatic heterocycles. The van der Waals surface area contributed by atoms with Crippen molar-refractivity contribution < 1.29 is 8.42 Å². The second-order valence-electron chi connectivity index (χ2n) is 2.77. The molecule has 70 valence electrons. The maximum Gasteiger partial charge on any atom is 0.152 e. The summed E-state index contributed by atoms with van der Waals surface area (Å²) in [4.78, 5) is 0. The van der Waals surface area contributed by atoms with Crippen molar-refractivity contribution in [1.82, 2.24) is 0 Å². The Bertz CT molecular complexity index is 169. The highest BCUT2D eigenvalue weighted by molar-refractivity contribution is 7.91. The predicted octanol–water partition coefficient (Wildman–Crippen LogP) is 2.25. The van der Waals surface area contributed by atoms with E-state index in [4.69, 9.17) is 0 Å². The Kier molecular flexibility index (Phi) is 6.87. The van der Waals surface area contributed by atoms with Gasteiger partial charge in [0.2, 0.25) is 0 Å². The van der Waals surface area contributed by atoms with Gasteiger partial charge in [0.25, 0.3) is 0 Å². The highest BCUT2D eigenvalue weighted by Gasteiger charge is 2.13. The quantitative estimate of drug-likeness (QED) is 0.665. The molecule has 0 atom stereocenters. The Morgan fingerprint density at radius 2 is 1.73 bits per heavy atom. The Hall–Kier alpha value is -0.0500. The van der Waals surface area contributed by atoms with Crippen LogP contribution >= 0.6 is 0 Å². The van der Waals surface area contributed by atoms with Gasteiger partial charge in [-0.15, -0.1) is 0 Å². The van der Waals surface area contributed by atoms with Crippen LogP contribution in [0.25, 0.3) is 0 Å². The average Bonchev–Trinajstić information content (AvgIpc) is 1.84. The molecule has 0 aromatic rings. The lowest BCUT2D eigenvalue weighted by Crippen LogP contribution is -2.17. The monoisotopic (exact) mass is 180 g/mol. The lowest BCUT2D eigenvalue weighted by molar-refractivity contribution is 0.584. The van der Waals surface area contributed by atoms with E-state index < -0.39 is 9.84 Å². The second-order valence-corrected chi connectivity index (χ2v) is 5.45. The molecule has 0 aromatic heterocycles. The molecule has 0 saturated heterocycles. The highest BCUT2D eigenvalue weighted by atomic mass is 32.2. The summed E-state index contributed by atoms with van der Waals surface area (Å²) in [5, 5.41) is -0.209. The van der Waals surface area contributed by atoms with Gasteiger partial charge < -0.3 is 0 Å². The zero-order valence-electron chi connectivity index (χ0n) is 6.92. The smallest absolute Gasteiger partial charge is 0.152 e. The first-order valence-corrected chi connectivity index (χ1v) is 5.43. The first-order chi connectivity index (χ1) is 4.50. The summed E-state index contributed by atoms with van der Waals surface area (Å²) in [5.74, 6) is 0.348. The van der Waals surface area contributed by atoms with E-state index in [0.29, 0.717) is 5.75 Å². The molecule has 0 aliphatic rings. The number of hydrogen-bond donors (Lipinski definition) is 0. The first-order valence-electron chi connectivity index (χ1n) is 3.72. The third kappa shape index (κ3) is 5.24. The first kappa shape index (κ1) is 13.5. The number of hydrogen-bond acceptors (Lipinski definition) is 2. The Labute approximate surface area is 70.9 Å². The third-order valence-electron chi connectivity index (χ3n) is 1.50. The van der Waals surface area contributed by atoms with E-state index in [1.54, 1.807) is 13.8 Å². The van der Waals surface area contributed by atoms with Gasteiger partial charge in [0.1, 0.15) is 0 Å². The Balaban J connectivity index is 0. The molecule has 2 nitrogen and oxygen atoms in total. The van der Waals surface area contributed by atoms with Crippen LogP contribution in [0, 0.1) is 0 Å². The summed E-state index contributed by atoms with van der Waals surface area (Å²) in [7, 11) is -2.76. The highest BCUT2D eigenvalue weighted by Crippen LogP contribution is 2.03. The molecule has 0 aliphatic carbocycles. The van der Waals surface area contributed by atoms with Crippen molar-refractivity contribution in [3.63, 3.8) is 0 Å². The van der Waals surface area contributed by atoms with Crippen LogP contribution in [0.2, 0.25) is 0 Å². The van der Waals surface area contributed by atoms with Crippen molar-refractivity contribution in [2.45, 2.75) is 46.3 Å². The standard InChI is InChI=1S/C7H16O2S.CH4/c1-4-5-6-10(8,9)7(2)3;/h7H,4-6H2,1-3H3;1H4. The molecular weight excluding hydrogens is 160 g/mol. The van der Waals surface area contributed by atoms with Crippen molar-refractivity contribution >= 4 is 9.84 Å². The summed E-state index contributed by atoms with van der Waals surface area (Å²) >= 11 is 0. The molecule has 0 radical (unpaired) electrons. The molecule has 0 fully saturated rings. The largest absolute Gasteiger partial charge is 0.229 e. The molecule has 0 amide bonds. The van der Waals surface area contributed by atoms with Gasteiger partial charge in [-0.2, -0.15) is 0 Å². The van der Waals surface area contributed by atoms with E-state index in [1.807, 2.05) is 6.92 Å². The molecule has 0 saturated carbocycles. The van der Waals surface area contributed by atoms with Gasteiger partial charge in [0.15, 0.2) is 9.84 Å². The molecule has 0 rings (SSSR count). The fourth-order valence-corrected chi connectivity index (χ4v) is 1.74. The van der Waals surface area contributed by atoms with Crippen LogP contribution in [0.3, 0.4) is 0 Å². The molecule has 0 N–H and O–H groups in total. The summed E-state index contributed by atoms with van der Waals surface area (Å²) < 4.78 is 22.2. The lowest BCUT2D eigenvalue weighted by atomic mass is 10.4. The van der Waals surface area contributed by atoms with E-state index in [1.165, 1.54) is 0 Å². The van der Waals surface area contributed by atoms with Crippen LogP contribution in [0.5, 0.6) is 0 Å². The van der Waals surface area contributed by atoms with Crippen molar-refractivity contribution in [3.05, 3.63) is 0 Å². The van der Waals surface area contributed by atoms with Gasteiger partial charge in [0.05, 0.1) is 11.0 Å². The minimum atomic E-state index is -2.76. The molecule has 11 heavy (non-hydrogen) atoms. The van der Waals surface area contributed by atoms with Crippen LogP contribution in [-0.2, 0) is 9.84 Å². The van der Waals surface area contributed by atoms with Gasteiger partial charge in [-0.05, 0) is 20.3 Å². The molecule has 0 aromatic carbocycles. The van der Waals surface area contributed by atoms with Gasteiger partial charge in [-0.1, -0.05) is 20.8 Å². The van der Waals surface area contributed by atoms with Gasteiger partial charge in [-0.25, -0.2) is 8.42 Å². The fourth-order valence-electron chi connectivity index (χ4n) is 0.581. The summed E-state index contributed by atoms with van der Waals surface area (Å²) in [6.45, 7) is 5.45. The van der Waals surface area contributed by atoms with Crippen LogP contribution < -0.4 is 0 Å². The van der Waals surface area contributed by atoms with E-state index >= 15 is 0 Å². The average molecular weight is 180 g/mol. The second kappa shape index (κ2) is 5.58. The topological polar surface area (TPSA) is 34.1 Å². The minimum absolute atomic E-state index is 0. The Morgan fingerprint density at radius 3 is 2.00 bits per heavy atom. The van der Waals surface area contributed by atoms with E-state index in [2.05, 4.69) is 0 Å². The van der Waals surface area contributed by atoms with Crippen LogP contribution in [0.15, 0.2) is 0 Å². The molecular formula is C8H20O2S. The van der Waals surface area contributed by atoms with E-state index in [9.17, 15) is 8.42 Å². The zero-order valence-corrected chi connectivity index (χ0v) is 7.74. The van der Waals surface area contributed by atoms with Crippen LogP contribution in [-0.4, -0.2) is 19.4 Å². The SMILES string of the molecule is C.CCCCS(=O)(=O)C(C)C. The van der Waals surface area contributed by atoms with Crippen molar-refractivity contribution in [1.29, 1.82) is 0 Å². The van der Waals surface area contributed by atoms with Crippen molar-refractivity contribution in [2.24, 2.45) is 0 Å². The van der Waals surface area contributed by atoms with Crippen LogP contribution in [0.1, 0.15) is 41.0 Å². The maximum atomic E-state index is 11.1. The van der Waals surface area contributed by atoms with E-state index in [0.717, 1.165) is 12.8 Å². The third-order valence-corrected chi connectivity index (χ3v) is 3.79. The lowest BCUT2D eigenvalue weighted by Gasteiger charge is -2.05. The molecule has 0 unspecified atom stereocenters. The zero-order chi connectivity index (χ0) is 8.20. The number of sulfone groups is 1. The number of unbranched alkanes of at least 4 members (excludes halogenated alkanes) is 1. The fraction of sp³-hybridized carbons (Fsp3) is 1.00. The van der Waals surface area contributed by atoms with E-state index in [-0.39, 0.29) is 12.7 Å². The van der Waals surface area contributed by atoms with Gasteiger partial charge in [0, 0.05) is 0 Å². The molecule has 3 heteroatoms. The maximum absolute atomic E-state index is 11.1. The summed E-state index contributed by atoms with van der Waals surface area (Å²) in [6, 6.07) is 0. The number of rotatable bonds is 4. The van der Waals surface area contributed by atoms with Crippen molar-refractivity contribution in [3.8, 4) is 0 Å². The molecule has 0 bridgehead atoms. The van der Waals surface area contributed by atoms with Gasteiger partial charge >= 0.3 is 0 Å². The molecule has 0 heterocycles. The van der Waals surface area contributed by atoms with Crippen molar-refractivity contribution in [2.75, 3.05) is 5.75 Å². The summed E-state index contributed by atoms with van der Waals surface area (Å²) in [5.41, 5.74) is 0. The minimum Gasteiger partial charge on any atom is -0.229 e. The normalized spacial score (nSPS) is 11.3. The Morgan fingerprint density at radius 1 is 1.27 bits per heavy atom. The summed E-state index contributed by atoms with van der Waals surface area (Å²) in [6.07, 6.45) is 1.74. The predicted molar refractivity (Wildman–Crippen MR) is 50.6 cm³/mol. The van der Waals surface area contributed by atoms with Gasteiger partial charge in [-0.3, -0.25) is 0 Å².